The van der Waals surface area contributed by atoms with Crippen molar-refractivity contribution < 1.29 is 24.0 Å². The molecule has 1 atom stereocenters. The monoisotopic (exact) mass is 521 g/mol. The minimum atomic E-state index is -0.759. The van der Waals surface area contributed by atoms with Crippen molar-refractivity contribution >= 4 is 33.4 Å². The van der Waals surface area contributed by atoms with E-state index < -0.39 is 22.4 Å². The molecule has 0 spiro atoms. The van der Waals surface area contributed by atoms with Crippen molar-refractivity contribution in [1.29, 1.82) is 0 Å². The number of carbonyl (C=O) groups excluding carboxylic acids is 2. The first-order valence-electron chi connectivity index (χ1n) is 10.2. The Bertz CT molecular complexity index is 1020. The number of nitrogens with zero attached hydrogens (tertiary/aromatic N) is 2. The molecule has 2 rings (SSSR count). The van der Waals surface area contributed by atoms with Gasteiger partial charge in [-0.15, -0.1) is 0 Å². The summed E-state index contributed by atoms with van der Waals surface area (Å²) in [6.45, 7) is 7.09. The van der Waals surface area contributed by atoms with Crippen LogP contribution in [0, 0.1) is 10.1 Å². The van der Waals surface area contributed by atoms with Crippen molar-refractivity contribution in [3.05, 3.63) is 62.6 Å². The highest BCUT2D eigenvalue weighted by Crippen LogP contribution is 2.30. The Hall–Kier alpha value is -3.14. The SMILES string of the molecule is COc1cc(OCC(=O)N(Cc2cccc(Br)c2)[C@H](C)C(=O)NC(C)(C)C)ccc1[N+](=O)[O-]. The molecule has 178 valence electrons. The Labute approximate surface area is 201 Å². The third-order valence-corrected chi connectivity index (χ3v) is 5.11. The van der Waals surface area contributed by atoms with Gasteiger partial charge in [0.25, 0.3) is 5.91 Å². The summed E-state index contributed by atoms with van der Waals surface area (Å²) in [5.74, 6) is -0.444. The molecule has 0 bridgehead atoms. The maximum Gasteiger partial charge on any atom is 0.311 e. The number of hydrogen-bond donors (Lipinski definition) is 1. The summed E-state index contributed by atoms with van der Waals surface area (Å²) in [5, 5.41) is 14.0. The van der Waals surface area contributed by atoms with Crippen molar-refractivity contribution in [2.75, 3.05) is 13.7 Å². The molecule has 0 aliphatic rings. The highest BCUT2D eigenvalue weighted by Gasteiger charge is 2.29. The molecule has 33 heavy (non-hydrogen) atoms. The minimum absolute atomic E-state index is 0.0221. The van der Waals surface area contributed by atoms with Crippen LogP contribution in [-0.2, 0) is 16.1 Å². The van der Waals surface area contributed by atoms with Crippen LogP contribution in [0.5, 0.6) is 11.5 Å². The fraction of sp³-hybridized carbons (Fsp3) is 0.391. The first-order valence-corrected chi connectivity index (χ1v) is 11.0. The van der Waals surface area contributed by atoms with Gasteiger partial charge in [-0.2, -0.15) is 0 Å². The standard InChI is InChI=1S/C23H28BrN3O6/c1-15(22(29)25-23(2,3)4)26(13-16-7-6-8-17(24)11-16)21(28)14-33-18-9-10-19(27(30)31)20(12-18)32-5/h6-12,15H,13-14H2,1-5H3,(H,25,29)/t15-/m1/s1. The lowest BCUT2D eigenvalue weighted by Crippen LogP contribution is -2.53. The van der Waals surface area contributed by atoms with Gasteiger partial charge in [-0.3, -0.25) is 19.7 Å². The molecule has 0 unspecified atom stereocenters. The third kappa shape index (κ3) is 7.74. The van der Waals surface area contributed by atoms with Gasteiger partial charge in [0.15, 0.2) is 6.61 Å². The average molecular weight is 522 g/mol. The maximum absolute atomic E-state index is 13.1. The van der Waals surface area contributed by atoms with E-state index in [1.54, 1.807) is 6.92 Å². The van der Waals surface area contributed by atoms with Crippen LogP contribution in [0.15, 0.2) is 46.9 Å². The van der Waals surface area contributed by atoms with Crippen LogP contribution in [0.25, 0.3) is 0 Å². The van der Waals surface area contributed by atoms with Gasteiger partial charge < -0.3 is 19.7 Å². The number of nitro benzene ring substituents is 1. The molecule has 0 heterocycles. The number of ether oxygens (including phenoxy) is 2. The van der Waals surface area contributed by atoms with E-state index in [2.05, 4.69) is 21.2 Å². The average Bonchev–Trinajstić information content (AvgIpc) is 2.73. The number of nitrogens with one attached hydrogen (secondary N) is 1. The Morgan fingerprint density at radius 2 is 1.91 bits per heavy atom. The summed E-state index contributed by atoms with van der Waals surface area (Å²) in [7, 11) is 1.31. The zero-order valence-electron chi connectivity index (χ0n) is 19.3. The topological polar surface area (TPSA) is 111 Å². The quantitative estimate of drug-likeness (QED) is 0.393. The number of rotatable bonds is 9. The molecule has 9 nitrogen and oxygen atoms in total. The van der Waals surface area contributed by atoms with Gasteiger partial charge in [0, 0.05) is 28.7 Å². The second kappa shape index (κ2) is 11.1. The molecule has 0 saturated heterocycles. The molecular weight excluding hydrogens is 494 g/mol. The smallest absolute Gasteiger partial charge is 0.311 e. The van der Waals surface area contributed by atoms with Gasteiger partial charge in [-0.1, -0.05) is 28.1 Å². The molecular formula is C23H28BrN3O6. The van der Waals surface area contributed by atoms with E-state index in [9.17, 15) is 19.7 Å². The van der Waals surface area contributed by atoms with E-state index >= 15 is 0 Å². The number of nitro groups is 1. The summed E-state index contributed by atoms with van der Waals surface area (Å²) in [4.78, 5) is 37.8. The van der Waals surface area contributed by atoms with Gasteiger partial charge in [-0.25, -0.2) is 0 Å². The van der Waals surface area contributed by atoms with E-state index in [1.807, 2.05) is 45.0 Å². The first kappa shape index (κ1) is 26.1. The lowest BCUT2D eigenvalue weighted by Gasteiger charge is -2.31. The van der Waals surface area contributed by atoms with Crippen molar-refractivity contribution in [2.45, 2.75) is 45.8 Å². The number of amides is 2. The van der Waals surface area contributed by atoms with Crippen LogP contribution in [0.1, 0.15) is 33.3 Å². The second-order valence-electron chi connectivity index (χ2n) is 8.45. The minimum Gasteiger partial charge on any atom is -0.490 e. The molecule has 2 aromatic rings. The molecule has 10 heteroatoms. The predicted molar refractivity (Wildman–Crippen MR) is 127 cm³/mol. The fourth-order valence-electron chi connectivity index (χ4n) is 3.02. The number of benzene rings is 2. The molecule has 0 saturated carbocycles. The predicted octanol–water partition coefficient (Wildman–Crippen LogP) is 4.08. The van der Waals surface area contributed by atoms with Gasteiger partial charge in [0.1, 0.15) is 11.8 Å². The van der Waals surface area contributed by atoms with Gasteiger partial charge in [-0.05, 0) is 51.5 Å². The van der Waals surface area contributed by atoms with Crippen molar-refractivity contribution in [3.63, 3.8) is 0 Å². The van der Waals surface area contributed by atoms with Crippen LogP contribution in [-0.4, -0.2) is 46.9 Å². The zero-order chi connectivity index (χ0) is 24.8. The Morgan fingerprint density at radius 1 is 1.21 bits per heavy atom. The molecule has 2 aromatic carbocycles. The van der Waals surface area contributed by atoms with Crippen LogP contribution in [0.3, 0.4) is 0 Å². The van der Waals surface area contributed by atoms with Crippen molar-refractivity contribution in [1.82, 2.24) is 10.2 Å². The van der Waals surface area contributed by atoms with E-state index in [-0.39, 0.29) is 36.2 Å². The van der Waals surface area contributed by atoms with Gasteiger partial charge in [0.05, 0.1) is 12.0 Å². The van der Waals surface area contributed by atoms with Crippen LogP contribution in [0.4, 0.5) is 5.69 Å². The molecule has 0 fully saturated rings. The molecule has 2 amide bonds. The summed E-state index contributed by atoms with van der Waals surface area (Å²) in [6, 6.07) is 10.7. The Kier molecular flexibility index (Phi) is 8.81. The molecule has 0 aliphatic carbocycles. The summed E-state index contributed by atoms with van der Waals surface area (Å²) < 4.78 is 11.5. The number of carbonyl (C=O) groups is 2. The Balaban J connectivity index is 2.22. The second-order valence-corrected chi connectivity index (χ2v) is 9.36. The van der Waals surface area contributed by atoms with Gasteiger partial charge >= 0.3 is 5.69 Å². The molecule has 0 aliphatic heterocycles. The summed E-state index contributed by atoms with van der Waals surface area (Å²) >= 11 is 3.42. The maximum atomic E-state index is 13.1. The lowest BCUT2D eigenvalue weighted by atomic mass is 10.1. The van der Waals surface area contributed by atoms with E-state index in [0.29, 0.717) is 0 Å². The van der Waals surface area contributed by atoms with Crippen molar-refractivity contribution in [3.8, 4) is 11.5 Å². The van der Waals surface area contributed by atoms with E-state index in [1.165, 1.54) is 30.2 Å². The number of methoxy groups -OCH3 is 1. The Morgan fingerprint density at radius 3 is 2.48 bits per heavy atom. The lowest BCUT2D eigenvalue weighted by molar-refractivity contribution is -0.385. The van der Waals surface area contributed by atoms with Crippen LogP contribution >= 0.6 is 15.9 Å². The highest BCUT2D eigenvalue weighted by atomic mass is 79.9. The fourth-order valence-corrected chi connectivity index (χ4v) is 3.46. The largest absolute Gasteiger partial charge is 0.490 e. The molecule has 0 radical (unpaired) electrons. The summed E-state index contributed by atoms with van der Waals surface area (Å²) in [6.07, 6.45) is 0. The van der Waals surface area contributed by atoms with Crippen LogP contribution in [0.2, 0.25) is 0 Å². The highest BCUT2D eigenvalue weighted by molar-refractivity contribution is 9.10. The number of halogens is 1. The summed E-state index contributed by atoms with van der Waals surface area (Å²) in [5.41, 5.74) is 0.173. The van der Waals surface area contributed by atoms with E-state index in [4.69, 9.17) is 9.47 Å². The van der Waals surface area contributed by atoms with Gasteiger partial charge in [0.2, 0.25) is 11.7 Å². The normalized spacial score (nSPS) is 11.9. The van der Waals surface area contributed by atoms with E-state index in [0.717, 1.165) is 10.0 Å². The van der Waals surface area contributed by atoms with Crippen molar-refractivity contribution in [2.24, 2.45) is 0 Å². The third-order valence-electron chi connectivity index (χ3n) is 4.62. The number of hydrogen-bond acceptors (Lipinski definition) is 6. The van der Waals surface area contributed by atoms with Crippen LogP contribution < -0.4 is 14.8 Å². The first-order chi connectivity index (χ1) is 15.4. The molecule has 1 N–H and O–H groups in total. The molecule has 0 aromatic heterocycles. The zero-order valence-corrected chi connectivity index (χ0v) is 20.8.